The fraction of sp³-hybridized carbons (Fsp3) is 0.455. The minimum atomic E-state index is -0.269. The Morgan fingerprint density at radius 3 is 2.86 bits per heavy atom. The highest BCUT2D eigenvalue weighted by molar-refractivity contribution is 6.31. The van der Waals surface area contributed by atoms with E-state index in [9.17, 15) is 4.79 Å². The summed E-state index contributed by atoms with van der Waals surface area (Å²) in [5.41, 5.74) is 1.02. The minimum Gasteiger partial charge on any atom is -0.298 e. The Kier molecular flexibility index (Phi) is 2.82. The van der Waals surface area contributed by atoms with Crippen LogP contribution < -0.4 is 0 Å². The van der Waals surface area contributed by atoms with E-state index in [1.54, 1.807) is 6.20 Å². The van der Waals surface area contributed by atoms with Crippen LogP contribution in [0.15, 0.2) is 24.4 Å². The fourth-order valence-corrected chi connectivity index (χ4v) is 2.07. The fourth-order valence-electron chi connectivity index (χ4n) is 1.85. The van der Waals surface area contributed by atoms with Crippen LogP contribution in [0.4, 0.5) is 0 Å². The Hall–Kier alpha value is -0.890. The molecule has 1 fully saturated rings. The third-order valence-electron chi connectivity index (χ3n) is 2.67. The van der Waals surface area contributed by atoms with Crippen LogP contribution in [-0.4, -0.2) is 16.1 Å². The van der Waals surface area contributed by atoms with Crippen molar-refractivity contribution in [2.24, 2.45) is 0 Å². The zero-order valence-electron chi connectivity index (χ0n) is 7.82. The molecule has 1 aliphatic rings. The molecule has 0 aliphatic heterocycles. The molecule has 1 heterocycles. The highest BCUT2D eigenvalue weighted by Gasteiger charge is 2.28. The molecule has 2 unspecified atom stereocenters. The van der Waals surface area contributed by atoms with E-state index in [-0.39, 0.29) is 17.1 Å². The number of carbonyl (C=O) groups is 1. The van der Waals surface area contributed by atoms with Gasteiger partial charge in [-0.3, -0.25) is 9.78 Å². The Morgan fingerprint density at radius 2 is 2.21 bits per heavy atom. The van der Waals surface area contributed by atoms with Crippen molar-refractivity contribution in [3.05, 3.63) is 30.1 Å². The lowest BCUT2D eigenvalue weighted by Gasteiger charge is -2.23. The lowest BCUT2D eigenvalue weighted by atomic mass is 9.85. The van der Waals surface area contributed by atoms with Gasteiger partial charge in [-0.05, 0) is 25.0 Å². The number of aromatic nitrogens is 1. The first kappa shape index (κ1) is 9.66. The molecule has 1 aromatic heterocycles. The standard InChI is InChI=1S/C11H12ClNO/c12-9-5-4-8(7-11(9)14)10-3-1-2-6-13-10/h1-3,6,8-9H,4-5,7H2. The van der Waals surface area contributed by atoms with Crippen LogP contribution in [0.2, 0.25) is 0 Å². The number of rotatable bonds is 1. The van der Waals surface area contributed by atoms with Gasteiger partial charge in [0.05, 0.1) is 5.38 Å². The van der Waals surface area contributed by atoms with Crippen molar-refractivity contribution in [3.8, 4) is 0 Å². The largest absolute Gasteiger partial charge is 0.298 e. The molecule has 1 saturated carbocycles. The second-order valence-electron chi connectivity index (χ2n) is 3.67. The summed E-state index contributed by atoms with van der Waals surface area (Å²) >= 11 is 5.85. The highest BCUT2D eigenvalue weighted by Crippen LogP contribution is 2.31. The molecule has 0 radical (unpaired) electrons. The van der Waals surface area contributed by atoms with Crippen molar-refractivity contribution >= 4 is 17.4 Å². The van der Waals surface area contributed by atoms with E-state index in [0.29, 0.717) is 6.42 Å². The molecule has 2 nitrogen and oxygen atoms in total. The number of Topliss-reactive ketones (excluding diaryl/α,β-unsaturated/α-hetero) is 1. The van der Waals surface area contributed by atoms with Crippen LogP contribution in [0.3, 0.4) is 0 Å². The quantitative estimate of drug-likeness (QED) is 0.666. The third-order valence-corrected chi connectivity index (χ3v) is 3.13. The van der Waals surface area contributed by atoms with Gasteiger partial charge >= 0.3 is 0 Å². The summed E-state index contributed by atoms with van der Waals surface area (Å²) in [6.45, 7) is 0. The number of hydrogen-bond acceptors (Lipinski definition) is 2. The van der Waals surface area contributed by atoms with Crippen molar-refractivity contribution in [1.82, 2.24) is 4.98 Å². The van der Waals surface area contributed by atoms with Gasteiger partial charge in [0.2, 0.25) is 0 Å². The van der Waals surface area contributed by atoms with Gasteiger partial charge in [-0.15, -0.1) is 11.6 Å². The van der Waals surface area contributed by atoms with Gasteiger partial charge in [0.25, 0.3) is 0 Å². The van der Waals surface area contributed by atoms with Crippen molar-refractivity contribution in [2.45, 2.75) is 30.6 Å². The van der Waals surface area contributed by atoms with Gasteiger partial charge in [0.1, 0.15) is 0 Å². The summed E-state index contributed by atoms with van der Waals surface area (Å²) in [7, 11) is 0. The molecule has 2 rings (SSSR count). The second kappa shape index (κ2) is 4.09. The van der Waals surface area contributed by atoms with Gasteiger partial charge in [-0.25, -0.2) is 0 Å². The first-order valence-corrected chi connectivity index (χ1v) is 5.28. The molecule has 0 N–H and O–H groups in total. The number of ketones is 1. The van der Waals surface area contributed by atoms with Crippen LogP contribution >= 0.6 is 11.6 Å². The molecule has 74 valence electrons. The molecule has 14 heavy (non-hydrogen) atoms. The van der Waals surface area contributed by atoms with E-state index in [4.69, 9.17) is 11.6 Å². The predicted octanol–water partition coefficient (Wildman–Crippen LogP) is 2.53. The maximum Gasteiger partial charge on any atom is 0.151 e. The Balaban J connectivity index is 2.11. The van der Waals surface area contributed by atoms with Crippen LogP contribution in [0.25, 0.3) is 0 Å². The molecule has 1 aromatic rings. The number of carbonyl (C=O) groups excluding carboxylic acids is 1. The Morgan fingerprint density at radius 1 is 1.36 bits per heavy atom. The van der Waals surface area contributed by atoms with Crippen LogP contribution in [0.5, 0.6) is 0 Å². The van der Waals surface area contributed by atoms with Gasteiger partial charge in [0.15, 0.2) is 5.78 Å². The number of halogens is 1. The molecule has 0 bridgehead atoms. The molecular weight excluding hydrogens is 198 g/mol. The minimum absolute atomic E-state index is 0.161. The summed E-state index contributed by atoms with van der Waals surface area (Å²) in [4.78, 5) is 15.7. The first-order valence-electron chi connectivity index (χ1n) is 4.85. The topological polar surface area (TPSA) is 30.0 Å². The van der Waals surface area contributed by atoms with Gasteiger partial charge in [-0.2, -0.15) is 0 Å². The maximum absolute atomic E-state index is 11.4. The average Bonchev–Trinajstić information content (AvgIpc) is 2.23. The summed E-state index contributed by atoms with van der Waals surface area (Å²) < 4.78 is 0. The zero-order valence-corrected chi connectivity index (χ0v) is 8.57. The number of nitrogens with zero attached hydrogens (tertiary/aromatic N) is 1. The first-order chi connectivity index (χ1) is 6.77. The third kappa shape index (κ3) is 1.95. The van der Waals surface area contributed by atoms with E-state index in [1.165, 1.54) is 0 Å². The van der Waals surface area contributed by atoms with E-state index in [0.717, 1.165) is 18.5 Å². The van der Waals surface area contributed by atoms with E-state index >= 15 is 0 Å². The average molecular weight is 210 g/mol. The van der Waals surface area contributed by atoms with Crippen LogP contribution in [0.1, 0.15) is 30.9 Å². The zero-order chi connectivity index (χ0) is 9.97. The molecule has 0 saturated heterocycles. The number of hydrogen-bond donors (Lipinski definition) is 0. The second-order valence-corrected chi connectivity index (χ2v) is 4.19. The van der Waals surface area contributed by atoms with E-state index in [2.05, 4.69) is 4.98 Å². The monoisotopic (exact) mass is 209 g/mol. The number of pyridine rings is 1. The highest BCUT2D eigenvalue weighted by atomic mass is 35.5. The van der Waals surface area contributed by atoms with Gasteiger partial charge in [0, 0.05) is 24.2 Å². The maximum atomic E-state index is 11.4. The van der Waals surface area contributed by atoms with Gasteiger partial charge in [-0.1, -0.05) is 6.07 Å². The van der Waals surface area contributed by atoms with Crippen molar-refractivity contribution < 1.29 is 4.79 Å². The molecule has 0 amide bonds. The molecule has 1 aliphatic carbocycles. The summed E-state index contributed by atoms with van der Waals surface area (Å²) in [5, 5.41) is -0.269. The predicted molar refractivity (Wildman–Crippen MR) is 55.5 cm³/mol. The van der Waals surface area contributed by atoms with Crippen LogP contribution in [0, 0.1) is 0 Å². The summed E-state index contributed by atoms with van der Waals surface area (Å²) in [6.07, 6.45) is 4.07. The smallest absolute Gasteiger partial charge is 0.151 e. The Bertz CT molecular complexity index is 325. The van der Waals surface area contributed by atoms with E-state index in [1.807, 2.05) is 18.2 Å². The molecule has 0 spiro atoms. The summed E-state index contributed by atoms with van der Waals surface area (Å²) in [6, 6.07) is 5.82. The molecule has 0 aromatic carbocycles. The van der Waals surface area contributed by atoms with Crippen molar-refractivity contribution in [2.75, 3.05) is 0 Å². The lowest BCUT2D eigenvalue weighted by molar-refractivity contribution is -0.120. The SMILES string of the molecule is O=C1CC(c2ccccn2)CCC1Cl. The van der Waals surface area contributed by atoms with Gasteiger partial charge < -0.3 is 0 Å². The summed E-state index contributed by atoms with van der Waals surface area (Å²) in [5.74, 6) is 0.437. The molecule has 2 atom stereocenters. The van der Waals surface area contributed by atoms with Crippen molar-refractivity contribution in [3.63, 3.8) is 0 Å². The molecular formula is C11H12ClNO. The lowest BCUT2D eigenvalue weighted by Crippen LogP contribution is -2.24. The van der Waals surface area contributed by atoms with E-state index < -0.39 is 0 Å². The normalized spacial score (nSPS) is 27.6. The molecule has 3 heteroatoms. The number of alkyl halides is 1. The van der Waals surface area contributed by atoms with Crippen LogP contribution in [-0.2, 0) is 4.79 Å². The Labute approximate surface area is 88.3 Å². The van der Waals surface area contributed by atoms with Crippen molar-refractivity contribution in [1.29, 1.82) is 0 Å².